The summed E-state index contributed by atoms with van der Waals surface area (Å²) in [5, 5.41) is 10.4. The molecule has 23 heavy (non-hydrogen) atoms. The summed E-state index contributed by atoms with van der Waals surface area (Å²) in [7, 11) is 0. The van der Waals surface area contributed by atoms with Gasteiger partial charge in [0.1, 0.15) is 5.82 Å². The van der Waals surface area contributed by atoms with Gasteiger partial charge in [-0.3, -0.25) is 9.89 Å². The van der Waals surface area contributed by atoms with Crippen LogP contribution in [-0.4, -0.2) is 40.1 Å². The fraction of sp³-hybridized carbons (Fsp3) is 0.357. The smallest absolute Gasteiger partial charge is 0.234 e. The molecule has 0 aliphatic carbocycles. The van der Waals surface area contributed by atoms with E-state index in [9.17, 15) is 4.79 Å². The van der Waals surface area contributed by atoms with E-state index in [0.717, 1.165) is 6.42 Å². The van der Waals surface area contributed by atoms with Gasteiger partial charge < -0.3 is 14.8 Å². The Morgan fingerprint density at radius 2 is 2.13 bits per heavy atom. The fourth-order valence-electron chi connectivity index (χ4n) is 1.98. The lowest BCUT2D eigenvalue weighted by Gasteiger charge is -2.12. The third-order valence-electron chi connectivity index (χ3n) is 3.02. The lowest BCUT2D eigenvalue weighted by Crippen LogP contribution is -2.14. The zero-order chi connectivity index (χ0) is 16.2. The number of benzene rings is 1. The molecule has 1 aliphatic heterocycles. The van der Waals surface area contributed by atoms with Crippen molar-refractivity contribution in [1.82, 2.24) is 15.2 Å². The summed E-state index contributed by atoms with van der Waals surface area (Å²) in [5.74, 6) is 1.87. The van der Waals surface area contributed by atoms with Crippen molar-refractivity contribution in [2.75, 3.05) is 24.3 Å². The normalized spacial score (nSPS) is 13.5. The Morgan fingerprint density at radius 1 is 1.39 bits per heavy atom. The van der Waals surface area contributed by atoms with Gasteiger partial charge in [0.15, 0.2) is 11.5 Å². The Morgan fingerprint density at radius 3 is 2.83 bits per heavy atom. The van der Waals surface area contributed by atoms with E-state index in [2.05, 4.69) is 20.5 Å². The van der Waals surface area contributed by atoms with Gasteiger partial charge in [-0.05, 0) is 6.92 Å². The van der Waals surface area contributed by atoms with Gasteiger partial charge in [0, 0.05) is 18.6 Å². The van der Waals surface area contributed by atoms with Crippen molar-refractivity contribution in [3.05, 3.63) is 23.0 Å². The van der Waals surface area contributed by atoms with E-state index in [1.165, 1.54) is 11.8 Å². The molecule has 0 fully saturated rings. The maximum atomic E-state index is 12.1. The highest BCUT2D eigenvalue weighted by atomic mass is 35.5. The molecule has 1 amide bonds. The summed E-state index contributed by atoms with van der Waals surface area (Å²) >= 11 is 7.43. The number of thioether (sulfide) groups is 1. The van der Waals surface area contributed by atoms with Crippen LogP contribution in [0.4, 0.5) is 5.69 Å². The zero-order valence-corrected chi connectivity index (χ0v) is 14.0. The largest absolute Gasteiger partial charge is 0.490 e. The Balaban J connectivity index is 1.64. The van der Waals surface area contributed by atoms with Crippen molar-refractivity contribution < 1.29 is 14.3 Å². The average molecular weight is 355 g/mol. The molecule has 7 nitrogen and oxygen atoms in total. The minimum atomic E-state index is -0.200. The highest BCUT2D eigenvalue weighted by molar-refractivity contribution is 7.99. The number of aromatic amines is 1. The summed E-state index contributed by atoms with van der Waals surface area (Å²) < 4.78 is 11.1. The number of hydrogen-bond donors (Lipinski definition) is 2. The summed E-state index contributed by atoms with van der Waals surface area (Å²) in [4.78, 5) is 16.2. The second-order valence-electron chi connectivity index (χ2n) is 4.87. The molecule has 0 saturated heterocycles. The molecule has 2 aromatic rings. The van der Waals surface area contributed by atoms with E-state index < -0.39 is 0 Å². The van der Waals surface area contributed by atoms with Gasteiger partial charge in [-0.2, -0.15) is 0 Å². The molecular formula is C14H15ClN4O3S. The van der Waals surface area contributed by atoms with Gasteiger partial charge in [-0.25, -0.2) is 4.98 Å². The van der Waals surface area contributed by atoms with Crippen molar-refractivity contribution >= 4 is 35.0 Å². The predicted octanol–water partition coefficient (Wildman–Crippen LogP) is 2.66. The number of aromatic nitrogens is 3. The van der Waals surface area contributed by atoms with E-state index in [4.69, 9.17) is 21.1 Å². The minimum absolute atomic E-state index is 0.183. The number of amides is 1. The van der Waals surface area contributed by atoms with Crippen LogP contribution in [0.2, 0.25) is 5.02 Å². The van der Waals surface area contributed by atoms with Crippen molar-refractivity contribution in [2.45, 2.75) is 18.5 Å². The van der Waals surface area contributed by atoms with E-state index in [1.807, 2.05) is 0 Å². The Labute approximate surface area is 142 Å². The van der Waals surface area contributed by atoms with Gasteiger partial charge in [0.25, 0.3) is 0 Å². The van der Waals surface area contributed by atoms with Gasteiger partial charge in [-0.15, -0.1) is 5.10 Å². The van der Waals surface area contributed by atoms with Crippen LogP contribution in [-0.2, 0) is 4.79 Å². The highest BCUT2D eigenvalue weighted by Gasteiger charge is 2.16. The summed E-state index contributed by atoms with van der Waals surface area (Å²) in [6, 6.07) is 3.34. The monoisotopic (exact) mass is 354 g/mol. The quantitative estimate of drug-likeness (QED) is 0.820. The zero-order valence-electron chi connectivity index (χ0n) is 12.4. The molecule has 2 N–H and O–H groups in total. The molecule has 1 aromatic carbocycles. The van der Waals surface area contributed by atoms with Crippen LogP contribution >= 0.6 is 23.4 Å². The molecule has 2 heterocycles. The van der Waals surface area contributed by atoms with Crippen LogP contribution in [0.1, 0.15) is 12.2 Å². The maximum absolute atomic E-state index is 12.1. The number of aryl methyl sites for hydroxylation is 1. The number of ether oxygens (including phenoxy) is 2. The molecule has 3 rings (SSSR count). The number of hydrogen-bond acceptors (Lipinski definition) is 6. The van der Waals surface area contributed by atoms with Crippen LogP contribution in [0.15, 0.2) is 17.3 Å². The Bertz CT molecular complexity index is 722. The summed E-state index contributed by atoms with van der Waals surface area (Å²) in [6.45, 7) is 2.96. The lowest BCUT2D eigenvalue weighted by molar-refractivity contribution is -0.113. The fourth-order valence-corrected chi connectivity index (χ4v) is 2.83. The van der Waals surface area contributed by atoms with E-state index in [1.54, 1.807) is 19.1 Å². The molecule has 1 aliphatic rings. The standard InChI is InChI=1S/C14H15ClN4O3S/c1-8-16-14(19-18-8)23-7-13(20)17-10-6-12-11(5-9(10)15)21-3-2-4-22-12/h5-6H,2-4,7H2,1H3,(H,17,20)(H,16,18,19). The third kappa shape index (κ3) is 4.08. The first kappa shape index (κ1) is 15.9. The first-order chi connectivity index (χ1) is 11.1. The summed E-state index contributed by atoms with van der Waals surface area (Å²) in [5.41, 5.74) is 0.493. The average Bonchev–Trinajstić information content (AvgIpc) is 2.80. The van der Waals surface area contributed by atoms with Crippen molar-refractivity contribution in [2.24, 2.45) is 0 Å². The lowest BCUT2D eigenvalue weighted by atomic mass is 10.2. The second-order valence-corrected chi connectivity index (χ2v) is 6.22. The van der Waals surface area contributed by atoms with E-state index in [0.29, 0.717) is 46.4 Å². The minimum Gasteiger partial charge on any atom is -0.490 e. The Hall–Kier alpha value is -1.93. The first-order valence-corrected chi connectivity index (χ1v) is 8.39. The molecule has 1 aromatic heterocycles. The SMILES string of the molecule is Cc1nc(SCC(=O)Nc2cc3c(cc2Cl)OCCCO3)n[nH]1. The Kier molecular flexibility index (Phi) is 4.92. The number of carbonyl (C=O) groups is 1. The molecule has 0 bridgehead atoms. The molecule has 9 heteroatoms. The first-order valence-electron chi connectivity index (χ1n) is 7.02. The van der Waals surface area contributed by atoms with Crippen molar-refractivity contribution in [3.63, 3.8) is 0 Å². The van der Waals surface area contributed by atoms with Crippen molar-refractivity contribution in [1.29, 1.82) is 0 Å². The second kappa shape index (κ2) is 7.10. The maximum Gasteiger partial charge on any atom is 0.234 e. The van der Waals surface area contributed by atoms with Gasteiger partial charge in [-0.1, -0.05) is 23.4 Å². The van der Waals surface area contributed by atoms with E-state index in [-0.39, 0.29) is 11.7 Å². The molecular weight excluding hydrogens is 340 g/mol. The molecule has 122 valence electrons. The number of anilines is 1. The number of carbonyl (C=O) groups excluding carboxylic acids is 1. The topological polar surface area (TPSA) is 89.1 Å². The van der Waals surface area contributed by atoms with Gasteiger partial charge in [0.05, 0.1) is 29.7 Å². The third-order valence-corrected chi connectivity index (χ3v) is 4.18. The number of halogens is 1. The number of H-pyrrole nitrogens is 1. The molecule has 0 radical (unpaired) electrons. The molecule has 0 unspecified atom stereocenters. The molecule has 0 saturated carbocycles. The van der Waals surface area contributed by atoms with Crippen LogP contribution in [0.25, 0.3) is 0 Å². The molecule has 0 atom stereocenters. The number of rotatable bonds is 4. The highest BCUT2D eigenvalue weighted by Crippen LogP contribution is 2.37. The van der Waals surface area contributed by atoms with E-state index >= 15 is 0 Å². The predicted molar refractivity (Wildman–Crippen MR) is 87.5 cm³/mol. The van der Waals surface area contributed by atoms with Crippen LogP contribution < -0.4 is 14.8 Å². The van der Waals surface area contributed by atoms with Crippen LogP contribution in [0, 0.1) is 6.92 Å². The number of nitrogens with one attached hydrogen (secondary N) is 2. The van der Waals surface area contributed by atoms with Gasteiger partial charge >= 0.3 is 0 Å². The number of nitrogens with zero attached hydrogens (tertiary/aromatic N) is 2. The van der Waals surface area contributed by atoms with Crippen LogP contribution in [0.5, 0.6) is 11.5 Å². The molecule has 0 spiro atoms. The summed E-state index contributed by atoms with van der Waals surface area (Å²) in [6.07, 6.45) is 0.806. The van der Waals surface area contributed by atoms with Crippen molar-refractivity contribution in [3.8, 4) is 11.5 Å². The van der Waals surface area contributed by atoms with Crippen LogP contribution in [0.3, 0.4) is 0 Å². The number of fused-ring (bicyclic) bond motifs is 1. The van der Waals surface area contributed by atoms with Gasteiger partial charge in [0.2, 0.25) is 11.1 Å².